The summed E-state index contributed by atoms with van der Waals surface area (Å²) in [6.45, 7) is 9.77. The third-order valence-corrected chi connectivity index (χ3v) is 11.0. The predicted octanol–water partition coefficient (Wildman–Crippen LogP) is 5.98. The fourth-order valence-electron chi connectivity index (χ4n) is 9.15. The summed E-state index contributed by atoms with van der Waals surface area (Å²) in [5.74, 6) is -4.62. The number of phenolic OH excluding ortho intramolecular Hbond substituents is 1. The van der Waals surface area contributed by atoms with Crippen LogP contribution in [0.4, 0.5) is 0 Å². The molecule has 0 amide bonds. The van der Waals surface area contributed by atoms with Gasteiger partial charge in [0.2, 0.25) is 5.78 Å². The number of ketones is 3. The van der Waals surface area contributed by atoms with E-state index in [-0.39, 0.29) is 35.6 Å². The zero-order valence-electron chi connectivity index (χ0n) is 26.6. The molecule has 1 unspecified atom stereocenters. The number of aromatic hydroxyl groups is 1. The molecule has 1 saturated heterocycles. The lowest BCUT2D eigenvalue weighted by Crippen LogP contribution is -2.67. The number of carbonyl (C=O) groups excluding carboxylic acids is 3. The van der Waals surface area contributed by atoms with E-state index in [1.807, 2.05) is 39.0 Å². The fourth-order valence-corrected chi connectivity index (χ4v) is 9.15. The number of fused-ring (bicyclic) bond motifs is 3. The molecule has 4 atom stereocenters. The van der Waals surface area contributed by atoms with Crippen LogP contribution in [-0.4, -0.2) is 56.6 Å². The highest BCUT2D eigenvalue weighted by atomic mass is 16.5. The monoisotopic (exact) mass is 614 g/mol. The number of aliphatic hydroxyl groups excluding tert-OH is 2. The van der Waals surface area contributed by atoms with Crippen LogP contribution in [0.2, 0.25) is 0 Å². The van der Waals surface area contributed by atoms with E-state index in [4.69, 9.17) is 4.74 Å². The number of phenols is 1. The molecule has 8 nitrogen and oxygen atoms in total. The van der Waals surface area contributed by atoms with Crippen molar-refractivity contribution in [3.05, 3.63) is 75.8 Å². The summed E-state index contributed by atoms with van der Waals surface area (Å²) in [7, 11) is 0. The molecular weight excluding hydrogens is 572 g/mol. The van der Waals surface area contributed by atoms with Crippen LogP contribution in [-0.2, 0) is 27.2 Å². The number of benzene rings is 2. The lowest BCUT2D eigenvalue weighted by Gasteiger charge is -2.59. The Morgan fingerprint density at radius 2 is 1.73 bits per heavy atom. The molecule has 2 aromatic carbocycles. The second-order valence-electron chi connectivity index (χ2n) is 14.4. The van der Waals surface area contributed by atoms with Gasteiger partial charge in [-0.1, -0.05) is 58.0 Å². The second-order valence-corrected chi connectivity index (χ2v) is 14.4. The molecule has 8 heteroatoms. The van der Waals surface area contributed by atoms with Gasteiger partial charge in [0.25, 0.3) is 0 Å². The molecule has 3 aliphatic carbocycles. The highest BCUT2D eigenvalue weighted by Crippen LogP contribution is 2.65. The van der Waals surface area contributed by atoms with Crippen LogP contribution in [0.25, 0.3) is 11.1 Å². The molecule has 0 spiro atoms. The topological polar surface area (TPSA) is 141 Å². The Morgan fingerprint density at radius 3 is 2.38 bits per heavy atom. The number of allylic oxidation sites excluding steroid dienone is 2. The molecule has 4 aliphatic rings. The first-order valence-corrected chi connectivity index (χ1v) is 15.9. The van der Waals surface area contributed by atoms with Crippen LogP contribution in [0.15, 0.2) is 59.1 Å². The number of carbonyl (C=O) groups is 3. The van der Waals surface area contributed by atoms with Crippen LogP contribution >= 0.6 is 0 Å². The quantitative estimate of drug-likeness (QED) is 0.301. The number of hydrogen-bond acceptors (Lipinski definition) is 8. The van der Waals surface area contributed by atoms with Crippen LogP contribution in [0.3, 0.4) is 0 Å². The van der Waals surface area contributed by atoms with Gasteiger partial charge in [0.15, 0.2) is 17.2 Å². The summed E-state index contributed by atoms with van der Waals surface area (Å²) in [5, 5.41) is 46.5. The van der Waals surface area contributed by atoms with Crippen LogP contribution in [0, 0.1) is 28.6 Å². The predicted molar refractivity (Wildman–Crippen MR) is 168 cm³/mol. The van der Waals surface area contributed by atoms with Crippen molar-refractivity contribution in [3.8, 4) is 16.9 Å². The van der Waals surface area contributed by atoms with E-state index >= 15 is 0 Å². The van der Waals surface area contributed by atoms with E-state index in [9.17, 15) is 34.8 Å². The SMILES string of the molecule is CC(=O)C1=C(O)C(C(C)C)[C@@]2(C)C[C@@]3(C)Cc4c(-c5cccc(CC6CCOCC6)c5)ccc(O)c4C(=O)C3=C(O)[C@@]2(O)C1=O. The average Bonchev–Trinajstić information content (AvgIpc) is 2.95. The molecule has 1 heterocycles. The molecule has 0 bridgehead atoms. The first kappa shape index (κ1) is 31.2. The highest BCUT2D eigenvalue weighted by Gasteiger charge is 2.71. The molecular formula is C37H42O8. The molecule has 6 rings (SSSR count). The molecule has 4 N–H and O–H groups in total. The molecule has 1 fully saturated rings. The summed E-state index contributed by atoms with van der Waals surface area (Å²) >= 11 is 0. The van der Waals surface area contributed by atoms with E-state index < -0.39 is 56.8 Å². The first-order chi connectivity index (χ1) is 21.2. The molecule has 238 valence electrons. The van der Waals surface area contributed by atoms with Gasteiger partial charge in [0.05, 0.1) is 5.56 Å². The number of aliphatic hydroxyl groups is 3. The third-order valence-electron chi connectivity index (χ3n) is 11.0. The van der Waals surface area contributed by atoms with Crippen molar-refractivity contribution in [2.75, 3.05) is 13.2 Å². The summed E-state index contributed by atoms with van der Waals surface area (Å²) < 4.78 is 5.52. The minimum atomic E-state index is -2.62. The second kappa shape index (κ2) is 10.7. The van der Waals surface area contributed by atoms with Gasteiger partial charge in [0.1, 0.15) is 22.8 Å². The number of ether oxygens (including phenoxy) is 1. The molecule has 0 saturated carbocycles. The number of hydrogen-bond donors (Lipinski definition) is 4. The average molecular weight is 615 g/mol. The van der Waals surface area contributed by atoms with E-state index in [1.165, 1.54) is 11.6 Å². The summed E-state index contributed by atoms with van der Waals surface area (Å²) in [6, 6.07) is 11.5. The van der Waals surface area contributed by atoms with E-state index in [0.29, 0.717) is 11.5 Å². The van der Waals surface area contributed by atoms with Crippen molar-refractivity contribution in [3.63, 3.8) is 0 Å². The van der Waals surface area contributed by atoms with E-state index in [1.54, 1.807) is 6.92 Å². The van der Waals surface area contributed by atoms with Gasteiger partial charge in [-0.3, -0.25) is 14.4 Å². The molecule has 0 radical (unpaired) electrons. The van der Waals surface area contributed by atoms with Gasteiger partial charge in [-0.25, -0.2) is 0 Å². The Labute approximate surface area is 263 Å². The zero-order chi connectivity index (χ0) is 32.6. The Hall–Kier alpha value is -3.75. The maximum atomic E-state index is 14.4. The smallest absolute Gasteiger partial charge is 0.209 e. The summed E-state index contributed by atoms with van der Waals surface area (Å²) in [5.41, 5.74) is -2.32. The number of rotatable bonds is 5. The van der Waals surface area contributed by atoms with Gasteiger partial charge in [-0.15, -0.1) is 0 Å². The van der Waals surface area contributed by atoms with Gasteiger partial charge < -0.3 is 25.2 Å². The van der Waals surface area contributed by atoms with Gasteiger partial charge in [-0.2, -0.15) is 0 Å². The highest BCUT2D eigenvalue weighted by molar-refractivity contribution is 6.25. The van der Waals surface area contributed by atoms with Crippen LogP contribution in [0.1, 0.15) is 75.4 Å². The summed E-state index contributed by atoms with van der Waals surface area (Å²) in [4.78, 5) is 40.9. The van der Waals surface area contributed by atoms with E-state index in [2.05, 4.69) is 12.1 Å². The Balaban J connectivity index is 1.51. The minimum absolute atomic E-state index is 0.0300. The lowest BCUT2D eigenvalue weighted by molar-refractivity contribution is -0.171. The van der Waals surface area contributed by atoms with Crippen molar-refractivity contribution < 1.29 is 39.5 Å². The minimum Gasteiger partial charge on any atom is -0.511 e. The Kier molecular flexibility index (Phi) is 7.40. The normalized spacial score (nSPS) is 30.3. The third kappa shape index (κ3) is 4.43. The fraction of sp³-hybridized carbons (Fsp3) is 0.486. The lowest BCUT2D eigenvalue weighted by atomic mass is 9.44. The Bertz CT molecular complexity index is 1690. The van der Waals surface area contributed by atoms with Crippen molar-refractivity contribution in [1.82, 2.24) is 0 Å². The molecule has 0 aromatic heterocycles. The van der Waals surface area contributed by atoms with Gasteiger partial charge >= 0.3 is 0 Å². The van der Waals surface area contributed by atoms with Crippen molar-refractivity contribution in [1.29, 1.82) is 0 Å². The van der Waals surface area contributed by atoms with Gasteiger partial charge in [0, 0.05) is 35.5 Å². The number of Topliss-reactive ketones (excluding diaryl/α,β-unsaturated/α-hetero) is 3. The molecule has 1 aliphatic heterocycles. The van der Waals surface area contributed by atoms with E-state index in [0.717, 1.165) is 50.5 Å². The maximum Gasteiger partial charge on any atom is 0.209 e. The standard InChI is InChI=1S/C37H42O8/c1-19(2)29-31(40)27(20(3)38)33(42)37(44)34(43)30-32(41)28-25(17-35(30,4)18-36(29,37)5)24(9-10-26(28)39)23-8-6-7-22(16-23)15-21-11-13-45-14-12-21/h6-10,16,19,21,29,39-40,43-44H,11-15,17-18H2,1-5H3/t29?,35-,36-,37+/m1/s1. The van der Waals surface area contributed by atoms with Crippen molar-refractivity contribution in [2.45, 2.75) is 72.3 Å². The van der Waals surface area contributed by atoms with Gasteiger partial charge in [-0.05, 0) is 79.2 Å². The van der Waals surface area contributed by atoms with Crippen molar-refractivity contribution >= 4 is 17.3 Å². The van der Waals surface area contributed by atoms with Crippen LogP contribution < -0.4 is 0 Å². The maximum absolute atomic E-state index is 14.4. The molecule has 2 aromatic rings. The first-order valence-electron chi connectivity index (χ1n) is 15.9. The molecule has 45 heavy (non-hydrogen) atoms. The largest absolute Gasteiger partial charge is 0.511 e. The van der Waals surface area contributed by atoms with Crippen LogP contribution in [0.5, 0.6) is 5.75 Å². The Morgan fingerprint density at radius 1 is 1.04 bits per heavy atom. The summed E-state index contributed by atoms with van der Waals surface area (Å²) in [6.07, 6.45) is 3.22. The van der Waals surface area contributed by atoms with Crippen molar-refractivity contribution in [2.24, 2.45) is 28.6 Å². The zero-order valence-corrected chi connectivity index (χ0v) is 26.6.